The number of ether oxygens (including phenoxy) is 2. The van der Waals surface area contributed by atoms with Gasteiger partial charge in [-0.05, 0) is 33.1 Å². The summed E-state index contributed by atoms with van der Waals surface area (Å²) >= 11 is 0. The summed E-state index contributed by atoms with van der Waals surface area (Å²) in [4.78, 5) is 24.9. The highest BCUT2D eigenvalue weighted by Crippen LogP contribution is 2.37. The van der Waals surface area contributed by atoms with Crippen LogP contribution in [0.4, 0.5) is 0 Å². The Balaban J connectivity index is 2.17. The molecule has 0 aliphatic carbocycles. The maximum atomic E-state index is 11.8. The van der Waals surface area contributed by atoms with Crippen molar-refractivity contribution in [3.05, 3.63) is 5.57 Å². The maximum Gasteiger partial charge on any atom is 0.320 e. The third kappa shape index (κ3) is 3.52. The molecule has 6 heteroatoms. The summed E-state index contributed by atoms with van der Waals surface area (Å²) in [5, 5.41) is 10.1. The fraction of sp³-hybridized carbons (Fsp3) is 0.800. The molecule has 2 saturated heterocycles. The van der Waals surface area contributed by atoms with E-state index in [0.29, 0.717) is 31.6 Å². The van der Waals surface area contributed by atoms with Crippen LogP contribution in [0.1, 0.15) is 33.1 Å². The lowest BCUT2D eigenvalue weighted by molar-refractivity contribution is -0.149. The number of hydrogen-bond acceptors (Lipinski definition) is 6. The normalized spacial score (nSPS) is 32.6. The van der Waals surface area contributed by atoms with Gasteiger partial charge >= 0.3 is 5.97 Å². The largest absolute Gasteiger partial charge is 0.465 e. The summed E-state index contributed by atoms with van der Waals surface area (Å²) in [7, 11) is 0. The minimum atomic E-state index is -0.765. The average molecular weight is 297 g/mol. The van der Waals surface area contributed by atoms with Crippen LogP contribution in [0, 0.1) is 0 Å². The zero-order valence-corrected chi connectivity index (χ0v) is 12.6. The van der Waals surface area contributed by atoms with Gasteiger partial charge in [-0.1, -0.05) is 0 Å². The Kier molecular flexibility index (Phi) is 5.53. The number of piperidine rings is 2. The number of carbonyl (C=O) groups excluding carboxylic acids is 2. The predicted molar refractivity (Wildman–Crippen MR) is 75.4 cm³/mol. The second kappa shape index (κ2) is 7.18. The van der Waals surface area contributed by atoms with Crippen LogP contribution in [0.3, 0.4) is 0 Å². The van der Waals surface area contributed by atoms with Crippen LogP contribution in [0.2, 0.25) is 0 Å². The van der Waals surface area contributed by atoms with E-state index in [1.54, 1.807) is 6.92 Å². The van der Waals surface area contributed by atoms with E-state index in [1.165, 1.54) is 0 Å². The molecule has 4 unspecified atom stereocenters. The number of esters is 1. The summed E-state index contributed by atoms with van der Waals surface area (Å²) in [6.45, 7) is 4.79. The number of aliphatic hydroxyl groups is 1. The summed E-state index contributed by atoms with van der Waals surface area (Å²) in [5.74, 6) is 1.57. The van der Waals surface area contributed by atoms with Crippen molar-refractivity contribution in [3.8, 4) is 0 Å². The van der Waals surface area contributed by atoms with Crippen LogP contribution in [0.25, 0.3) is 0 Å². The molecule has 0 aromatic rings. The van der Waals surface area contributed by atoms with Crippen LogP contribution < -0.4 is 0 Å². The molecule has 0 radical (unpaired) electrons. The van der Waals surface area contributed by atoms with E-state index >= 15 is 0 Å². The molecule has 2 rings (SSSR count). The number of rotatable bonds is 5. The summed E-state index contributed by atoms with van der Waals surface area (Å²) in [5.41, 5.74) is 0.333. The van der Waals surface area contributed by atoms with Gasteiger partial charge < -0.3 is 14.6 Å². The average Bonchev–Trinajstić information content (AvgIpc) is 2.42. The lowest BCUT2D eigenvalue weighted by Crippen LogP contribution is -2.59. The van der Waals surface area contributed by atoms with Crippen molar-refractivity contribution in [1.82, 2.24) is 4.90 Å². The number of aliphatic hydroxyl groups excluding tert-OH is 1. The van der Waals surface area contributed by atoms with Gasteiger partial charge in [0.1, 0.15) is 5.94 Å². The zero-order chi connectivity index (χ0) is 15.4. The molecule has 0 aromatic heterocycles. The Morgan fingerprint density at radius 1 is 1.33 bits per heavy atom. The van der Waals surface area contributed by atoms with E-state index < -0.39 is 6.10 Å². The minimum Gasteiger partial charge on any atom is -0.465 e. The first kappa shape index (κ1) is 16.2. The first-order valence-electron chi connectivity index (χ1n) is 7.56. The molecule has 2 aliphatic rings. The van der Waals surface area contributed by atoms with Crippen LogP contribution in [-0.4, -0.2) is 66.0 Å². The van der Waals surface area contributed by atoms with Gasteiger partial charge in [0.15, 0.2) is 0 Å². The summed E-state index contributed by atoms with van der Waals surface area (Å²) in [6, 6.07) is -0.261. The third-order valence-electron chi connectivity index (χ3n) is 4.24. The van der Waals surface area contributed by atoms with Gasteiger partial charge in [0.05, 0.1) is 30.9 Å². The zero-order valence-electron chi connectivity index (χ0n) is 12.6. The Morgan fingerprint density at radius 2 is 2.10 bits per heavy atom. The highest BCUT2D eigenvalue weighted by molar-refractivity contribution is 5.72. The molecule has 2 fully saturated rings. The SMILES string of the molecule is CCOC(=O)CN1C2CC(OCC)CC1C(=C=O)C(O)C2. The highest BCUT2D eigenvalue weighted by atomic mass is 16.5. The van der Waals surface area contributed by atoms with Crippen LogP contribution in [0.5, 0.6) is 0 Å². The molecule has 2 bridgehead atoms. The van der Waals surface area contributed by atoms with Gasteiger partial charge in [0, 0.05) is 18.7 Å². The summed E-state index contributed by atoms with van der Waals surface area (Å²) in [6.07, 6.45) is 1.08. The predicted octanol–water partition coefficient (Wildman–Crippen LogP) is 0.310. The molecule has 2 aliphatic heterocycles. The fourth-order valence-corrected chi connectivity index (χ4v) is 3.42. The molecule has 2 heterocycles. The smallest absolute Gasteiger partial charge is 0.320 e. The molecule has 4 atom stereocenters. The Bertz CT molecular complexity index is 432. The van der Waals surface area contributed by atoms with E-state index in [1.807, 2.05) is 17.8 Å². The number of fused-ring (bicyclic) bond motifs is 2. The highest BCUT2D eigenvalue weighted by Gasteiger charge is 2.46. The second-order valence-corrected chi connectivity index (χ2v) is 5.50. The second-order valence-electron chi connectivity index (χ2n) is 5.50. The van der Waals surface area contributed by atoms with E-state index in [9.17, 15) is 14.7 Å². The fourth-order valence-electron chi connectivity index (χ4n) is 3.42. The van der Waals surface area contributed by atoms with Crippen molar-refractivity contribution in [2.75, 3.05) is 19.8 Å². The number of hydrogen-bond donors (Lipinski definition) is 1. The molecular weight excluding hydrogens is 274 g/mol. The molecule has 21 heavy (non-hydrogen) atoms. The van der Waals surface area contributed by atoms with Crippen LogP contribution in [0.15, 0.2) is 5.57 Å². The van der Waals surface area contributed by atoms with E-state index in [4.69, 9.17) is 9.47 Å². The van der Waals surface area contributed by atoms with Gasteiger partial charge in [-0.15, -0.1) is 0 Å². The maximum absolute atomic E-state index is 11.8. The van der Waals surface area contributed by atoms with Crippen molar-refractivity contribution in [1.29, 1.82) is 0 Å². The molecule has 0 amide bonds. The van der Waals surface area contributed by atoms with Gasteiger partial charge in [-0.3, -0.25) is 9.69 Å². The minimum absolute atomic E-state index is 0.0248. The molecule has 0 spiro atoms. The lowest BCUT2D eigenvalue weighted by Gasteiger charge is -2.49. The van der Waals surface area contributed by atoms with Gasteiger partial charge in [0.2, 0.25) is 0 Å². The number of carbonyl (C=O) groups is 1. The van der Waals surface area contributed by atoms with Crippen LogP contribution in [-0.2, 0) is 19.1 Å². The topological polar surface area (TPSA) is 76.1 Å². The van der Waals surface area contributed by atoms with Crippen molar-refractivity contribution in [2.45, 2.75) is 57.4 Å². The molecule has 1 N–H and O–H groups in total. The van der Waals surface area contributed by atoms with Gasteiger partial charge in [0.25, 0.3) is 0 Å². The Labute approximate surface area is 124 Å². The number of nitrogens with zero attached hydrogens (tertiary/aromatic N) is 1. The van der Waals surface area contributed by atoms with Gasteiger partial charge in [-0.25, -0.2) is 4.79 Å². The lowest BCUT2D eigenvalue weighted by atomic mass is 9.78. The third-order valence-corrected chi connectivity index (χ3v) is 4.24. The molecule has 6 nitrogen and oxygen atoms in total. The van der Waals surface area contributed by atoms with E-state index in [-0.39, 0.29) is 30.7 Å². The van der Waals surface area contributed by atoms with Crippen molar-refractivity contribution < 1.29 is 24.2 Å². The van der Waals surface area contributed by atoms with E-state index in [0.717, 1.165) is 6.42 Å². The molecule has 118 valence electrons. The molecular formula is C15H23NO5. The van der Waals surface area contributed by atoms with E-state index in [2.05, 4.69) is 0 Å². The van der Waals surface area contributed by atoms with Crippen molar-refractivity contribution in [2.24, 2.45) is 0 Å². The monoisotopic (exact) mass is 297 g/mol. The molecule has 0 aromatic carbocycles. The van der Waals surface area contributed by atoms with Crippen molar-refractivity contribution in [3.63, 3.8) is 0 Å². The summed E-state index contributed by atoms with van der Waals surface area (Å²) < 4.78 is 10.7. The van der Waals surface area contributed by atoms with Crippen LogP contribution >= 0.6 is 0 Å². The first-order chi connectivity index (χ1) is 10.1. The quantitative estimate of drug-likeness (QED) is 0.581. The Hall–Kier alpha value is -1.20. The van der Waals surface area contributed by atoms with Gasteiger partial charge in [-0.2, -0.15) is 0 Å². The van der Waals surface area contributed by atoms with Crippen molar-refractivity contribution >= 4 is 11.9 Å². The standard InChI is InChI=1S/C15H23NO5/c1-3-20-11-5-10-6-14(18)12(9-17)13(7-11)16(10)8-15(19)21-4-2/h10-11,13-14,18H,3-8H2,1-2H3. The first-order valence-corrected chi connectivity index (χ1v) is 7.56. The molecule has 0 saturated carbocycles. The Morgan fingerprint density at radius 3 is 2.71 bits per heavy atom.